The van der Waals surface area contributed by atoms with Crippen LogP contribution >= 0.6 is 0 Å². The van der Waals surface area contributed by atoms with Gasteiger partial charge in [0.1, 0.15) is 23.1 Å². The number of amidine groups is 1. The fraction of sp³-hybridized carbons (Fsp3) is 0. The van der Waals surface area contributed by atoms with Crippen LogP contribution in [0.1, 0.15) is 5.69 Å². The lowest BCUT2D eigenvalue weighted by atomic mass is 10.2. The molecule has 7 nitrogen and oxygen atoms in total. The molecule has 0 amide bonds. The summed E-state index contributed by atoms with van der Waals surface area (Å²) in [5, 5.41) is 20.4. The smallest absolute Gasteiger partial charge is 0.190 e. The standard InChI is InChI=1S/C11H8N6O/c12-11(17-18)8-4-2-6-1-3-7-10(14-5-13-7)9(6)16-15-8/h1-5,18H,(H2,12,17). The Kier molecular flexibility index (Phi) is 2.23. The molecule has 0 spiro atoms. The molecule has 0 aliphatic carbocycles. The molecule has 2 heterocycles. The highest BCUT2D eigenvalue weighted by molar-refractivity contribution is 6.01. The van der Waals surface area contributed by atoms with Crippen molar-refractivity contribution in [3.8, 4) is 0 Å². The van der Waals surface area contributed by atoms with E-state index >= 15 is 0 Å². The molecule has 3 rings (SSSR count). The van der Waals surface area contributed by atoms with E-state index in [9.17, 15) is 0 Å². The fourth-order valence-corrected chi connectivity index (χ4v) is 1.70. The molecule has 88 valence electrons. The minimum Gasteiger partial charge on any atom is -0.409 e. The molecular formula is C11H8N6O. The van der Waals surface area contributed by atoms with Crippen LogP contribution in [0.15, 0.2) is 35.7 Å². The number of aromatic nitrogens is 4. The van der Waals surface area contributed by atoms with Gasteiger partial charge in [-0.1, -0.05) is 17.3 Å². The van der Waals surface area contributed by atoms with Crippen LogP contribution in [0.4, 0.5) is 0 Å². The van der Waals surface area contributed by atoms with Gasteiger partial charge in [0.15, 0.2) is 5.84 Å². The summed E-state index contributed by atoms with van der Waals surface area (Å²) in [6.45, 7) is 0. The number of imidazole rings is 1. The van der Waals surface area contributed by atoms with Gasteiger partial charge in [0, 0.05) is 5.39 Å². The van der Waals surface area contributed by atoms with E-state index in [1.54, 1.807) is 12.1 Å². The maximum atomic E-state index is 8.62. The maximum absolute atomic E-state index is 8.62. The van der Waals surface area contributed by atoms with Crippen molar-refractivity contribution in [2.75, 3.05) is 0 Å². The molecule has 0 fully saturated rings. The SMILES string of the molecule is NC(=NO)c1ccc2ccc3ncnc3c2nn1. The van der Waals surface area contributed by atoms with E-state index in [1.807, 2.05) is 12.1 Å². The number of nitrogens with two attached hydrogens (primary N) is 1. The highest BCUT2D eigenvalue weighted by atomic mass is 16.4. The third-order valence-corrected chi connectivity index (χ3v) is 2.59. The normalized spacial score (nSPS) is 12.1. The maximum Gasteiger partial charge on any atom is 0.190 e. The lowest BCUT2D eigenvalue weighted by Crippen LogP contribution is -2.14. The van der Waals surface area contributed by atoms with E-state index in [-0.39, 0.29) is 5.84 Å². The van der Waals surface area contributed by atoms with Crippen molar-refractivity contribution in [1.29, 1.82) is 0 Å². The molecule has 0 radical (unpaired) electrons. The number of fused-ring (bicyclic) bond motifs is 3. The molecule has 0 saturated heterocycles. The second-order valence-electron chi connectivity index (χ2n) is 3.65. The van der Waals surface area contributed by atoms with Gasteiger partial charge in [0.25, 0.3) is 0 Å². The zero-order valence-corrected chi connectivity index (χ0v) is 9.15. The summed E-state index contributed by atoms with van der Waals surface area (Å²) >= 11 is 0. The van der Waals surface area contributed by atoms with Gasteiger partial charge in [0.05, 0.1) is 5.52 Å². The summed E-state index contributed by atoms with van der Waals surface area (Å²) in [5.74, 6) is -0.0901. The van der Waals surface area contributed by atoms with Crippen LogP contribution in [0.3, 0.4) is 0 Å². The van der Waals surface area contributed by atoms with Crippen molar-refractivity contribution < 1.29 is 5.21 Å². The van der Waals surface area contributed by atoms with E-state index in [0.717, 1.165) is 10.9 Å². The Hall–Kier alpha value is -2.83. The second kappa shape index (κ2) is 3.88. The van der Waals surface area contributed by atoms with Crippen LogP contribution < -0.4 is 5.73 Å². The third-order valence-electron chi connectivity index (χ3n) is 2.59. The topological polar surface area (TPSA) is 110 Å². The fourth-order valence-electron chi connectivity index (χ4n) is 1.70. The van der Waals surface area contributed by atoms with Gasteiger partial charge < -0.3 is 10.9 Å². The first-order valence-electron chi connectivity index (χ1n) is 5.14. The van der Waals surface area contributed by atoms with Crippen molar-refractivity contribution in [1.82, 2.24) is 20.2 Å². The second-order valence-corrected chi connectivity index (χ2v) is 3.65. The minimum atomic E-state index is -0.0901. The molecule has 1 aromatic carbocycles. The van der Waals surface area contributed by atoms with Crippen LogP contribution in [0, 0.1) is 0 Å². The van der Waals surface area contributed by atoms with Crippen molar-refractivity contribution in [2.24, 2.45) is 10.9 Å². The van der Waals surface area contributed by atoms with Gasteiger partial charge in [-0.3, -0.25) is 0 Å². The highest BCUT2D eigenvalue weighted by Gasteiger charge is 2.06. The summed E-state index contributed by atoms with van der Waals surface area (Å²) in [4.78, 5) is 8.24. The molecule has 3 N–H and O–H groups in total. The van der Waals surface area contributed by atoms with E-state index in [4.69, 9.17) is 10.9 Å². The highest BCUT2D eigenvalue weighted by Crippen LogP contribution is 2.19. The van der Waals surface area contributed by atoms with Gasteiger partial charge >= 0.3 is 0 Å². The number of rotatable bonds is 1. The molecule has 2 aromatic heterocycles. The average molecular weight is 240 g/mol. The van der Waals surface area contributed by atoms with Crippen LogP contribution in [-0.4, -0.2) is 31.2 Å². The lowest BCUT2D eigenvalue weighted by Gasteiger charge is -1.90. The largest absolute Gasteiger partial charge is 0.409 e. The summed E-state index contributed by atoms with van der Waals surface area (Å²) in [6.07, 6.45) is 1.48. The molecule has 0 aliphatic heterocycles. The first-order chi connectivity index (χ1) is 8.79. The predicted molar refractivity (Wildman–Crippen MR) is 65.1 cm³/mol. The molecule has 3 aromatic rings. The van der Waals surface area contributed by atoms with Crippen LogP contribution in [0.25, 0.3) is 21.9 Å². The number of hydrogen-bond acceptors (Lipinski definition) is 6. The Morgan fingerprint density at radius 3 is 2.72 bits per heavy atom. The van der Waals surface area contributed by atoms with E-state index in [0.29, 0.717) is 16.7 Å². The number of nitrogens with zero attached hydrogens (tertiary/aromatic N) is 5. The van der Waals surface area contributed by atoms with Crippen molar-refractivity contribution in [2.45, 2.75) is 0 Å². The first kappa shape index (κ1) is 10.3. The molecule has 18 heavy (non-hydrogen) atoms. The number of benzene rings is 1. The first-order valence-corrected chi connectivity index (χ1v) is 5.14. The summed E-state index contributed by atoms with van der Waals surface area (Å²) in [5.41, 5.74) is 7.83. The van der Waals surface area contributed by atoms with Crippen LogP contribution in [-0.2, 0) is 0 Å². The van der Waals surface area contributed by atoms with Crippen LogP contribution in [0.2, 0.25) is 0 Å². The van der Waals surface area contributed by atoms with E-state index < -0.39 is 0 Å². The molecule has 0 unspecified atom stereocenters. The lowest BCUT2D eigenvalue weighted by molar-refractivity contribution is 0.318. The van der Waals surface area contributed by atoms with Crippen LogP contribution in [0.5, 0.6) is 0 Å². The zero-order chi connectivity index (χ0) is 12.5. The quantitative estimate of drug-likeness (QED) is 0.280. The van der Waals surface area contributed by atoms with E-state index in [2.05, 4.69) is 25.3 Å². The Morgan fingerprint density at radius 2 is 1.89 bits per heavy atom. The molecular weight excluding hydrogens is 232 g/mol. The molecule has 0 aliphatic rings. The predicted octanol–water partition coefficient (Wildman–Crippen LogP) is 0.667. The van der Waals surface area contributed by atoms with Crippen molar-refractivity contribution in [3.63, 3.8) is 0 Å². The zero-order valence-electron chi connectivity index (χ0n) is 9.15. The monoisotopic (exact) mass is 240 g/mol. The Balaban J connectivity index is 2.37. The Bertz CT molecular complexity index is 770. The summed E-state index contributed by atoms with van der Waals surface area (Å²) in [6, 6.07) is 7.15. The van der Waals surface area contributed by atoms with Gasteiger partial charge in [-0.05, 0) is 12.1 Å². The minimum absolute atomic E-state index is 0.0901. The van der Waals surface area contributed by atoms with Crippen molar-refractivity contribution in [3.05, 3.63) is 36.3 Å². The molecule has 7 heteroatoms. The van der Waals surface area contributed by atoms with Gasteiger partial charge in [0.2, 0.25) is 0 Å². The summed E-state index contributed by atoms with van der Waals surface area (Å²) < 4.78 is 0. The Morgan fingerprint density at radius 1 is 1.06 bits per heavy atom. The summed E-state index contributed by atoms with van der Waals surface area (Å²) in [7, 11) is 0. The van der Waals surface area contributed by atoms with Crippen molar-refractivity contribution >= 4 is 27.8 Å². The molecule has 0 atom stereocenters. The number of oxime groups is 1. The van der Waals surface area contributed by atoms with Gasteiger partial charge in [-0.2, -0.15) is 0 Å². The third kappa shape index (κ3) is 1.49. The Labute approximate surface area is 101 Å². The van der Waals surface area contributed by atoms with Gasteiger partial charge in [-0.15, -0.1) is 10.2 Å². The molecule has 0 bridgehead atoms. The average Bonchev–Trinajstić information content (AvgIpc) is 2.77. The molecule has 0 saturated carbocycles. The van der Waals surface area contributed by atoms with E-state index in [1.165, 1.54) is 6.33 Å². The van der Waals surface area contributed by atoms with Gasteiger partial charge in [-0.25, -0.2) is 9.97 Å². The number of hydrogen-bond donors (Lipinski definition) is 2.